The third-order valence-electron chi connectivity index (χ3n) is 3.77. The van der Waals surface area contributed by atoms with Gasteiger partial charge in [-0.25, -0.2) is 9.97 Å². The number of aryl methyl sites for hydroxylation is 2. The molecule has 1 aliphatic rings. The van der Waals surface area contributed by atoms with E-state index >= 15 is 0 Å². The maximum absolute atomic E-state index is 4.52. The Morgan fingerprint density at radius 3 is 3.05 bits per heavy atom. The monoisotopic (exact) mass is 312 g/mol. The van der Waals surface area contributed by atoms with Gasteiger partial charge in [0, 0.05) is 48.4 Å². The Labute approximate surface area is 132 Å². The van der Waals surface area contributed by atoms with Gasteiger partial charge in [-0.05, 0) is 12.5 Å². The molecular formula is C15H16N6S. The Morgan fingerprint density at radius 2 is 2.23 bits per heavy atom. The molecule has 0 aliphatic carbocycles. The fourth-order valence-corrected chi connectivity index (χ4v) is 3.67. The molecule has 0 radical (unpaired) electrons. The number of thioether (sulfide) groups is 1. The Morgan fingerprint density at radius 1 is 1.32 bits per heavy atom. The highest BCUT2D eigenvalue weighted by Gasteiger charge is 2.19. The average molecular weight is 312 g/mol. The number of anilines is 1. The third-order valence-corrected chi connectivity index (χ3v) is 4.81. The van der Waals surface area contributed by atoms with Gasteiger partial charge in [0.1, 0.15) is 17.8 Å². The lowest BCUT2D eigenvalue weighted by molar-refractivity contribution is 0.767. The first-order valence-corrected chi connectivity index (χ1v) is 8.10. The van der Waals surface area contributed by atoms with Crippen LogP contribution in [0.2, 0.25) is 0 Å². The van der Waals surface area contributed by atoms with Crippen LogP contribution in [0, 0.1) is 6.92 Å². The summed E-state index contributed by atoms with van der Waals surface area (Å²) in [6.07, 6.45) is 9.71. The molecule has 0 saturated heterocycles. The molecule has 22 heavy (non-hydrogen) atoms. The van der Waals surface area contributed by atoms with E-state index in [-0.39, 0.29) is 0 Å². The van der Waals surface area contributed by atoms with E-state index in [9.17, 15) is 0 Å². The SMILES string of the molecule is Cc1c[nH]c2ncnc(N3C=C(c4cnn(C)c4)SCC3)c12. The molecule has 112 valence electrons. The van der Waals surface area contributed by atoms with Gasteiger partial charge in [0.2, 0.25) is 0 Å². The highest BCUT2D eigenvalue weighted by molar-refractivity contribution is 8.08. The van der Waals surface area contributed by atoms with Crippen molar-refractivity contribution in [2.24, 2.45) is 7.05 Å². The lowest BCUT2D eigenvalue weighted by Gasteiger charge is -2.25. The highest BCUT2D eigenvalue weighted by atomic mass is 32.2. The molecule has 3 aromatic heterocycles. The van der Waals surface area contributed by atoms with E-state index < -0.39 is 0 Å². The Bertz CT molecular complexity index is 862. The summed E-state index contributed by atoms with van der Waals surface area (Å²) in [5.74, 6) is 1.99. The number of aromatic nitrogens is 5. The van der Waals surface area contributed by atoms with Gasteiger partial charge < -0.3 is 9.88 Å². The summed E-state index contributed by atoms with van der Waals surface area (Å²) in [6.45, 7) is 3.02. The van der Waals surface area contributed by atoms with E-state index in [0.29, 0.717) is 0 Å². The summed E-state index contributed by atoms with van der Waals surface area (Å²) in [6, 6.07) is 0. The molecule has 0 spiro atoms. The number of H-pyrrole nitrogens is 1. The zero-order valence-corrected chi connectivity index (χ0v) is 13.3. The average Bonchev–Trinajstić information content (AvgIpc) is 3.14. The van der Waals surface area contributed by atoms with E-state index in [1.165, 1.54) is 10.5 Å². The van der Waals surface area contributed by atoms with Crippen LogP contribution in [0.25, 0.3) is 15.9 Å². The molecule has 4 heterocycles. The van der Waals surface area contributed by atoms with E-state index in [1.54, 1.807) is 6.33 Å². The molecule has 0 saturated carbocycles. The van der Waals surface area contributed by atoms with Gasteiger partial charge in [-0.3, -0.25) is 4.68 Å². The molecule has 0 unspecified atom stereocenters. The van der Waals surface area contributed by atoms with Gasteiger partial charge in [-0.15, -0.1) is 11.8 Å². The fraction of sp³-hybridized carbons (Fsp3) is 0.267. The van der Waals surface area contributed by atoms with Crippen molar-refractivity contribution in [3.63, 3.8) is 0 Å². The van der Waals surface area contributed by atoms with E-state index in [1.807, 2.05) is 42.1 Å². The molecule has 0 amide bonds. The number of fused-ring (bicyclic) bond motifs is 1. The Balaban J connectivity index is 1.79. The van der Waals surface area contributed by atoms with Crippen LogP contribution in [-0.2, 0) is 7.05 Å². The molecule has 0 bridgehead atoms. The summed E-state index contributed by atoms with van der Waals surface area (Å²) in [5, 5.41) is 5.35. The zero-order valence-electron chi connectivity index (χ0n) is 12.4. The molecule has 4 rings (SSSR count). The van der Waals surface area contributed by atoms with Crippen molar-refractivity contribution in [3.05, 3.63) is 42.2 Å². The quantitative estimate of drug-likeness (QED) is 0.788. The molecule has 6 nitrogen and oxygen atoms in total. The van der Waals surface area contributed by atoms with Crippen LogP contribution in [0.1, 0.15) is 11.1 Å². The van der Waals surface area contributed by atoms with Crippen LogP contribution in [0.4, 0.5) is 5.82 Å². The normalized spacial score (nSPS) is 15.4. The molecular weight excluding hydrogens is 296 g/mol. The van der Waals surface area contributed by atoms with Gasteiger partial charge in [0.15, 0.2) is 0 Å². The lowest BCUT2D eigenvalue weighted by Crippen LogP contribution is -2.24. The van der Waals surface area contributed by atoms with Gasteiger partial charge in [0.25, 0.3) is 0 Å². The first-order chi connectivity index (χ1) is 10.7. The smallest absolute Gasteiger partial charge is 0.145 e. The van der Waals surface area contributed by atoms with Crippen LogP contribution in [0.15, 0.2) is 31.1 Å². The fourth-order valence-electron chi connectivity index (χ4n) is 2.69. The molecule has 1 N–H and O–H groups in total. The van der Waals surface area contributed by atoms with E-state index in [2.05, 4.69) is 38.1 Å². The van der Waals surface area contributed by atoms with Crippen LogP contribution < -0.4 is 4.90 Å². The van der Waals surface area contributed by atoms with Crippen LogP contribution in [0.3, 0.4) is 0 Å². The number of hydrogen-bond donors (Lipinski definition) is 1. The minimum absolute atomic E-state index is 0.886. The molecule has 3 aromatic rings. The predicted octanol–water partition coefficient (Wildman–Crippen LogP) is 2.55. The van der Waals surface area contributed by atoms with Crippen molar-refractivity contribution in [2.45, 2.75) is 6.92 Å². The van der Waals surface area contributed by atoms with Gasteiger partial charge in [0.05, 0.1) is 11.6 Å². The highest BCUT2D eigenvalue weighted by Crippen LogP contribution is 2.34. The number of hydrogen-bond acceptors (Lipinski definition) is 5. The van der Waals surface area contributed by atoms with Crippen molar-refractivity contribution in [1.82, 2.24) is 24.7 Å². The standard InChI is InChI=1S/C15H16N6S/c1-10-5-16-14-13(10)15(18-9-17-14)21-3-4-22-12(8-21)11-6-19-20(2)7-11/h5-9H,3-4H2,1-2H3,(H,16,17,18). The maximum atomic E-state index is 4.52. The number of aromatic amines is 1. The summed E-state index contributed by atoms with van der Waals surface area (Å²) in [5.41, 5.74) is 3.20. The van der Waals surface area contributed by atoms with E-state index in [4.69, 9.17) is 0 Å². The van der Waals surface area contributed by atoms with E-state index in [0.717, 1.165) is 34.7 Å². The molecule has 1 aliphatic heterocycles. The zero-order chi connectivity index (χ0) is 15.1. The number of nitrogens with zero attached hydrogens (tertiary/aromatic N) is 5. The van der Waals surface area contributed by atoms with Crippen molar-refractivity contribution in [3.8, 4) is 0 Å². The first kappa shape index (κ1) is 13.4. The Kier molecular flexibility index (Phi) is 3.15. The van der Waals surface area contributed by atoms with Crippen molar-refractivity contribution in [2.75, 3.05) is 17.2 Å². The van der Waals surface area contributed by atoms with Crippen molar-refractivity contribution >= 4 is 33.5 Å². The minimum Gasteiger partial charge on any atom is -0.346 e. The summed E-state index contributed by atoms with van der Waals surface area (Å²) >= 11 is 1.85. The first-order valence-electron chi connectivity index (χ1n) is 7.11. The second kappa shape index (κ2) is 5.17. The molecule has 0 aromatic carbocycles. The topological polar surface area (TPSA) is 62.6 Å². The second-order valence-electron chi connectivity index (χ2n) is 5.33. The second-order valence-corrected chi connectivity index (χ2v) is 6.47. The van der Waals surface area contributed by atoms with Crippen molar-refractivity contribution < 1.29 is 0 Å². The third kappa shape index (κ3) is 2.18. The minimum atomic E-state index is 0.886. The predicted molar refractivity (Wildman–Crippen MR) is 89.6 cm³/mol. The van der Waals surface area contributed by atoms with Crippen LogP contribution in [0.5, 0.6) is 0 Å². The van der Waals surface area contributed by atoms with Crippen LogP contribution >= 0.6 is 11.8 Å². The lowest BCUT2D eigenvalue weighted by atomic mass is 10.2. The van der Waals surface area contributed by atoms with Crippen molar-refractivity contribution in [1.29, 1.82) is 0 Å². The Hall–Kier alpha value is -2.28. The van der Waals surface area contributed by atoms with Gasteiger partial charge in [-0.1, -0.05) is 0 Å². The molecule has 0 fully saturated rings. The summed E-state index contributed by atoms with van der Waals surface area (Å²) < 4.78 is 1.83. The summed E-state index contributed by atoms with van der Waals surface area (Å²) in [4.78, 5) is 15.5. The number of nitrogens with one attached hydrogen (secondary N) is 1. The van der Waals surface area contributed by atoms with Gasteiger partial charge >= 0.3 is 0 Å². The number of rotatable bonds is 2. The summed E-state index contributed by atoms with van der Waals surface area (Å²) in [7, 11) is 1.94. The molecule has 0 atom stereocenters. The largest absolute Gasteiger partial charge is 0.346 e. The maximum Gasteiger partial charge on any atom is 0.145 e. The molecule has 7 heteroatoms. The van der Waals surface area contributed by atoms with Gasteiger partial charge in [-0.2, -0.15) is 5.10 Å². The van der Waals surface area contributed by atoms with Crippen LogP contribution in [-0.4, -0.2) is 37.0 Å².